The van der Waals surface area contributed by atoms with Gasteiger partial charge >= 0.3 is 0 Å². The molecular weight excluding hydrogens is 392 g/mol. The van der Waals surface area contributed by atoms with E-state index in [0.29, 0.717) is 5.54 Å². The third kappa shape index (κ3) is 3.26. The molecule has 160 valence electrons. The van der Waals surface area contributed by atoms with Gasteiger partial charge in [0, 0.05) is 36.3 Å². The van der Waals surface area contributed by atoms with Gasteiger partial charge in [-0.2, -0.15) is 4.98 Å². The molecule has 0 radical (unpaired) electrons. The van der Waals surface area contributed by atoms with E-state index in [4.69, 9.17) is 4.98 Å². The molecule has 0 amide bonds. The summed E-state index contributed by atoms with van der Waals surface area (Å²) in [5.41, 5.74) is 7.91. The van der Waals surface area contributed by atoms with Crippen LogP contribution in [0.15, 0.2) is 11.2 Å². The topological polar surface area (TPSA) is 60.1 Å². The molecule has 0 bridgehead atoms. The van der Waals surface area contributed by atoms with Crippen molar-refractivity contribution in [2.75, 3.05) is 32.0 Å². The van der Waals surface area contributed by atoms with Gasteiger partial charge in [0.15, 0.2) is 0 Å². The average Bonchev–Trinajstić information content (AvgIpc) is 3.53. The van der Waals surface area contributed by atoms with E-state index in [1.807, 2.05) is 0 Å². The number of aryl methyl sites for hydroxylation is 2. The minimum Gasteiger partial charge on any atom is -0.324 e. The van der Waals surface area contributed by atoms with Crippen molar-refractivity contribution in [2.45, 2.75) is 74.9 Å². The lowest BCUT2D eigenvalue weighted by Gasteiger charge is -2.42. The Morgan fingerprint density at radius 3 is 2.37 bits per heavy atom. The van der Waals surface area contributed by atoms with Crippen LogP contribution in [-0.4, -0.2) is 56.6 Å². The van der Waals surface area contributed by atoms with Gasteiger partial charge in [-0.25, -0.2) is 9.40 Å². The van der Waals surface area contributed by atoms with Crippen molar-refractivity contribution in [3.05, 3.63) is 28.3 Å². The normalized spacial score (nSPS) is 23.2. The largest absolute Gasteiger partial charge is 0.324 e. The van der Waals surface area contributed by atoms with Gasteiger partial charge in [-0.05, 0) is 100 Å². The molecule has 30 heavy (non-hydrogen) atoms. The number of fused-ring (bicyclic) bond motifs is 2. The van der Waals surface area contributed by atoms with E-state index in [0.717, 1.165) is 24.2 Å². The average molecular weight is 425 g/mol. The number of H-pyrrole nitrogens is 1. The Morgan fingerprint density at radius 1 is 0.967 bits per heavy atom. The van der Waals surface area contributed by atoms with E-state index >= 15 is 0 Å². The van der Waals surface area contributed by atoms with Crippen LogP contribution in [0.2, 0.25) is 0 Å². The van der Waals surface area contributed by atoms with Crippen molar-refractivity contribution in [3.8, 4) is 0 Å². The molecule has 1 aromatic carbocycles. The molecule has 6 rings (SSSR count). The van der Waals surface area contributed by atoms with Gasteiger partial charge in [-0.15, -0.1) is 5.10 Å². The van der Waals surface area contributed by atoms with Crippen molar-refractivity contribution in [1.29, 1.82) is 0 Å². The van der Waals surface area contributed by atoms with Crippen LogP contribution in [0.1, 0.15) is 60.8 Å². The number of aromatic nitrogens is 3. The fraction of sp³-hybridized carbons (Fsp3) is 0.652. The van der Waals surface area contributed by atoms with Crippen molar-refractivity contribution in [2.24, 2.45) is 0 Å². The Morgan fingerprint density at radius 2 is 1.70 bits per heavy atom. The van der Waals surface area contributed by atoms with Crippen LogP contribution in [0.3, 0.4) is 0 Å². The van der Waals surface area contributed by atoms with E-state index in [-0.39, 0.29) is 0 Å². The van der Waals surface area contributed by atoms with Gasteiger partial charge in [-0.1, -0.05) is 6.07 Å². The highest BCUT2D eigenvalue weighted by Gasteiger charge is 2.41. The number of nitrogens with zero attached hydrogens (tertiary/aromatic N) is 4. The predicted molar refractivity (Wildman–Crippen MR) is 121 cm³/mol. The fourth-order valence-electron chi connectivity index (χ4n) is 6.24. The first-order valence-electron chi connectivity index (χ1n) is 11.7. The smallest absolute Gasteiger partial charge is 0.225 e. The minimum atomic E-state index is 0.455. The summed E-state index contributed by atoms with van der Waals surface area (Å²) >= 11 is 1.71. The molecular formula is C23H32N6S. The third-order valence-electron chi connectivity index (χ3n) is 7.99. The zero-order chi connectivity index (χ0) is 20.1. The molecule has 0 saturated carbocycles. The Kier molecular flexibility index (Phi) is 4.81. The number of hydrogen-bond acceptors (Lipinski definition) is 6. The maximum Gasteiger partial charge on any atom is 0.225 e. The highest BCUT2D eigenvalue weighted by molar-refractivity contribution is 7.96. The van der Waals surface area contributed by atoms with Crippen LogP contribution >= 0.6 is 11.9 Å². The quantitative estimate of drug-likeness (QED) is 0.721. The number of rotatable bonds is 4. The third-order valence-corrected chi connectivity index (χ3v) is 8.96. The molecule has 3 heterocycles. The molecule has 2 aromatic rings. The molecule has 6 nitrogen and oxygen atoms in total. The zero-order valence-corrected chi connectivity index (χ0v) is 18.8. The first-order chi connectivity index (χ1) is 14.7. The molecule has 0 atom stereocenters. The molecule has 2 aliphatic heterocycles. The lowest BCUT2D eigenvalue weighted by atomic mass is 9.86. The van der Waals surface area contributed by atoms with Crippen LogP contribution in [0.25, 0.3) is 0 Å². The van der Waals surface area contributed by atoms with Crippen LogP contribution < -0.4 is 5.32 Å². The predicted octanol–water partition coefficient (Wildman–Crippen LogP) is 4.09. The monoisotopic (exact) mass is 424 g/mol. The summed E-state index contributed by atoms with van der Waals surface area (Å²) in [5.74, 6) is 0.788. The maximum absolute atomic E-state index is 4.79. The number of anilines is 2. The summed E-state index contributed by atoms with van der Waals surface area (Å²) in [4.78, 5) is 7.39. The number of hydrogen-bond donors (Lipinski definition) is 2. The van der Waals surface area contributed by atoms with Gasteiger partial charge < -0.3 is 10.2 Å². The second-order valence-electron chi connectivity index (χ2n) is 9.60. The van der Waals surface area contributed by atoms with Crippen molar-refractivity contribution in [1.82, 2.24) is 24.4 Å². The standard InChI is InChI=1S/C23H32N6S/c1-28-12-4-9-23(28)10-13-29(14-11-23)30-22-25-21(26-27-22)24-20-18-7-2-5-16(18)15-17-6-3-8-19(17)20/h15H,2-14H2,1H3,(H2,24,25,26,27). The number of aromatic amines is 1. The van der Waals surface area contributed by atoms with Crippen LogP contribution in [0.4, 0.5) is 11.6 Å². The van der Waals surface area contributed by atoms with Gasteiger partial charge in [-0.3, -0.25) is 0 Å². The molecule has 2 aliphatic carbocycles. The maximum atomic E-state index is 4.79. The van der Waals surface area contributed by atoms with E-state index in [9.17, 15) is 0 Å². The molecule has 1 spiro atoms. The summed E-state index contributed by atoms with van der Waals surface area (Å²) < 4.78 is 2.45. The Bertz CT molecular complexity index is 913. The summed E-state index contributed by atoms with van der Waals surface area (Å²) in [5, 5.41) is 12.1. The second kappa shape index (κ2) is 7.53. The molecule has 4 aliphatic rings. The molecule has 0 unspecified atom stereocenters. The summed E-state index contributed by atoms with van der Waals surface area (Å²) in [7, 11) is 2.31. The number of piperidine rings is 1. The number of likely N-dealkylation sites (tertiary alicyclic amines) is 1. The highest BCUT2D eigenvalue weighted by Crippen LogP contribution is 2.41. The minimum absolute atomic E-state index is 0.455. The van der Waals surface area contributed by atoms with Gasteiger partial charge in [0.2, 0.25) is 11.1 Å². The van der Waals surface area contributed by atoms with E-state index < -0.39 is 0 Å². The Balaban J connectivity index is 1.14. The van der Waals surface area contributed by atoms with Crippen molar-refractivity contribution >= 4 is 23.6 Å². The van der Waals surface area contributed by atoms with Crippen molar-refractivity contribution in [3.63, 3.8) is 0 Å². The lowest BCUT2D eigenvalue weighted by molar-refractivity contribution is 0.105. The van der Waals surface area contributed by atoms with Gasteiger partial charge in [0.1, 0.15) is 0 Å². The Labute approximate surface area is 183 Å². The van der Waals surface area contributed by atoms with E-state index in [1.165, 1.54) is 87.6 Å². The molecule has 2 N–H and O–H groups in total. The molecule has 2 fully saturated rings. The van der Waals surface area contributed by atoms with E-state index in [1.54, 1.807) is 23.1 Å². The highest BCUT2D eigenvalue weighted by atomic mass is 32.2. The van der Waals surface area contributed by atoms with Crippen LogP contribution in [-0.2, 0) is 25.7 Å². The van der Waals surface area contributed by atoms with Crippen LogP contribution in [0, 0.1) is 0 Å². The summed E-state index contributed by atoms with van der Waals surface area (Å²) in [6.07, 6.45) is 12.6. The van der Waals surface area contributed by atoms with Crippen LogP contribution in [0.5, 0.6) is 0 Å². The molecule has 2 saturated heterocycles. The van der Waals surface area contributed by atoms with Gasteiger partial charge in [0.25, 0.3) is 0 Å². The van der Waals surface area contributed by atoms with E-state index in [2.05, 4.69) is 37.8 Å². The summed E-state index contributed by atoms with van der Waals surface area (Å²) in [6.45, 7) is 3.49. The molecule has 1 aromatic heterocycles. The van der Waals surface area contributed by atoms with Gasteiger partial charge in [0.05, 0.1) is 0 Å². The van der Waals surface area contributed by atoms with Crippen molar-refractivity contribution < 1.29 is 0 Å². The first-order valence-corrected chi connectivity index (χ1v) is 12.5. The number of benzene rings is 1. The SMILES string of the molecule is CN1CCCC12CCN(Sc1n[nH]c(Nc3c4c(cc5c3CCC5)CCC4)n1)CC2. The lowest BCUT2D eigenvalue weighted by Crippen LogP contribution is -2.49. The summed E-state index contributed by atoms with van der Waals surface area (Å²) in [6, 6.07) is 2.47. The molecule has 7 heteroatoms. The second-order valence-corrected chi connectivity index (χ2v) is 10.7. The number of nitrogens with one attached hydrogen (secondary N) is 2. The first kappa shape index (κ1) is 19.1. The Hall–Kier alpha value is -1.57. The zero-order valence-electron chi connectivity index (χ0n) is 18.0. The fourth-order valence-corrected chi connectivity index (χ4v) is 7.06.